The van der Waals surface area contributed by atoms with Crippen molar-refractivity contribution in [2.45, 2.75) is 49.8 Å². The maximum absolute atomic E-state index is 12.0. The minimum atomic E-state index is -0.0901. The van der Waals surface area contributed by atoms with E-state index in [2.05, 4.69) is 12.2 Å². The van der Waals surface area contributed by atoms with Gasteiger partial charge in [-0.15, -0.1) is 11.8 Å². The van der Waals surface area contributed by atoms with Gasteiger partial charge in [0.05, 0.1) is 12.4 Å². The molecule has 3 nitrogen and oxygen atoms in total. The van der Waals surface area contributed by atoms with Gasteiger partial charge in [-0.25, -0.2) is 0 Å². The Morgan fingerprint density at radius 2 is 1.95 bits per heavy atom. The first-order valence-corrected chi connectivity index (χ1v) is 7.55. The van der Waals surface area contributed by atoms with Crippen LogP contribution >= 0.6 is 11.8 Å². The Bertz CT molecular complexity index is 392. The zero-order valence-corrected chi connectivity index (χ0v) is 12.9. The molecule has 0 spiro atoms. The van der Waals surface area contributed by atoms with E-state index in [1.807, 2.05) is 38.1 Å². The Morgan fingerprint density at radius 1 is 1.32 bits per heavy atom. The average Bonchev–Trinajstić information content (AvgIpc) is 2.39. The van der Waals surface area contributed by atoms with Gasteiger partial charge in [0.25, 0.3) is 0 Å². The number of methoxy groups -OCH3 is 1. The highest BCUT2D eigenvalue weighted by Gasteiger charge is 2.16. The molecule has 0 aliphatic rings. The Morgan fingerprint density at radius 3 is 2.47 bits per heavy atom. The van der Waals surface area contributed by atoms with Gasteiger partial charge < -0.3 is 10.1 Å². The molecular weight excluding hydrogens is 258 g/mol. The Hall–Kier alpha value is -1.16. The second-order valence-electron chi connectivity index (χ2n) is 4.63. The SMILES string of the molecule is CCC[C@H](C)NC(=O)[C@H](C)Sc1ccc(OC)cc1. The molecular formula is C15H23NO2S. The highest BCUT2D eigenvalue weighted by molar-refractivity contribution is 8.00. The van der Waals surface area contributed by atoms with E-state index in [0.717, 1.165) is 23.5 Å². The lowest BCUT2D eigenvalue weighted by molar-refractivity contribution is -0.120. The van der Waals surface area contributed by atoms with Crippen LogP contribution in [-0.2, 0) is 4.79 Å². The van der Waals surface area contributed by atoms with E-state index in [0.29, 0.717) is 0 Å². The summed E-state index contributed by atoms with van der Waals surface area (Å²) in [5, 5.41) is 2.95. The standard InChI is InChI=1S/C15H23NO2S/c1-5-6-11(2)16-15(17)12(3)19-14-9-7-13(18-4)8-10-14/h7-12H,5-6H2,1-4H3,(H,16,17)/t11-,12-/m0/s1. The molecule has 4 heteroatoms. The molecule has 0 unspecified atom stereocenters. The van der Waals surface area contributed by atoms with Crippen LogP contribution < -0.4 is 10.1 Å². The molecule has 1 amide bonds. The van der Waals surface area contributed by atoms with Gasteiger partial charge in [-0.3, -0.25) is 4.79 Å². The summed E-state index contributed by atoms with van der Waals surface area (Å²) in [5.74, 6) is 0.930. The topological polar surface area (TPSA) is 38.3 Å². The Balaban J connectivity index is 2.48. The van der Waals surface area contributed by atoms with Crippen LogP contribution in [0.3, 0.4) is 0 Å². The summed E-state index contributed by atoms with van der Waals surface area (Å²) >= 11 is 1.56. The molecule has 0 heterocycles. The zero-order chi connectivity index (χ0) is 14.3. The highest BCUT2D eigenvalue weighted by atomic mass is 32.2. The summed E-state index contributed by atoms with van der Waals surface area (Å²) in [4.78, 5) is 13.1. The van der Waals surface area contributed by atoms with E-state index < -0.39 is 0 Å². The van der Waals surface area contributed by atoms with E-state index in [1.54, 1.807) is 18.9 Å². The van der Waals surface area contributed by atoms with Crippen LogP contribution in [0.5, 0.6) is 5.75 Å². The number of amides is 1. The quantitative estimate of drug-likeness (QED) is 0.778. The smallest absolute Gasteiger partial charge is 0.233 e. The van der Waals surface area contributed by atoms with Gasteiger partial charge in [0.2, 0.25) is 5.91 Å². The van der Waals surface area contributed by atoms with Crippen molar-refractivity contribution in [2.75, 3.05) is 7.11 Å². The zero-order valence-electron chi connectivity index (χ0n) is 12.1. The monoisotopic (exact) mass is 281 g/mol. The predicted molar refractivity (Wildman–Crippen MR) is 80.8 cm³/mol. The maximum Gasteiger partial charge on any atom is 0.233 e. The first-order valence-electron chi connectivity index (χ1n) is 6.68. The maximum atomic E-state index is 12.0. The van der Waals surface area contributed by atoms with Gasteiger partial charge >= 0.3 is 0 Å². The lowest BCUT2D eigenvalue weighted by Crippen LogP contribution is -2.37. The van der Waals surface area contributed by atoms with Gasteiger partial charge in [-0.2, -0.15) is 0 Å². The predicted octanol–water partition coefficient (Wildman–Crippen LogP) is 3.48. The molecule has 0 aromatic heterocycles. The fraction of sp³-hybridized carbons (Fsp3) is 0.533. The first kappa shape index (κ1) is 15.9. The number of ether oxygens (including phenoxy) is 1. The molecule has 0 fully saturated rings. The molecule has 0 saturated heterocycles. The lowest BCUT2D eigenvalue weighted by atomic mass is 10.2. The number of hydrogen-bond acceptors (Lipinski definition) is 3. The second-order valence-corrected chi connectivity index (χ2v) is 6.05. The van der Waals surface area contributed by atoms with Crippen LogP contribution in [0.4, 0.5) is 0 Å². The minimum absolute atomic E-state index is 0.0901. The van der Waals surface area contributed by atoms with Crippen LogP contribution in [0.15, 0.2) is 29.2 Å². The third-order valence-electron chi connectivity index (χ3n) is 2.85. The van der Waals surface area contributed by atoms with Crippen molar-refractivity contribution in [1.82, 2.24) is 5.32 Å². The third kappa shape index (κ3) is 5.55. The highest BCUT2D eigenvalue weighted by Crippen LogP contribution is 2.25. The van der Waals surface area contributed by atoms with Gasteiger partial charge in [-0.1, -0.05) is 13.3 Å². The van der Waals surface area contributed by atoms with Crippen LogP contribution in [0.25, 0.3) is 0 Å². The van der Waals surface area contributed by atoms with E-state index in [1.165, 1.54) is 0 Å². The van der Waals surface area contributed by atoms with E-state index in [-0.39, 0.29) is 17.2 Å². The Kier molecular flexibility index (Phi) is 6.78. The van der Waals surface area contributed by atoms with Gasteiger partial charge in [-0.05, 0) is 44.5 Å². The fourth-order valence-electron chi connectivity index (χ4n) is 1.78. The van der Waals surface area contributed by atoms with Gasteiger partial charge in [0.15, 0.2) is 0 Å². The van der Waals surface area contributed by atoms with Crippen molar-refractivity contribution < 1.29 is 9.53 Å². The summed E-state index contributed by atoms with van der Waals surface area (Å²) in [5.41, 5.74) is 0. The molecule has 1 N–H and O–H groups in total. The molecule has 0 radical (unpaired) electrons. The number of benzene rings is 1. The fourth-order valence-corrected chi connectivity index (χ4v) is 2.65. The minimum Gasteiger partial charge on any atom is -0.497 e. The van der Waals surface area contributed by atoms with Gasteiger partial charge in [0, 0.05) is 10.9 Å². The molecule has 0 bridgehead atoms. The van der Waals surface area contributed by atoms with Crippen molar-refractivity contribution in [2.24, 2.45) is 0 Å². The Labute approximate surface area is 120 Å². The molecule has 106 valence electrons. The summed E-state index contributed by atoms with van der Waals surface area (Å²) < 4.78 is 5.11. The number of carbonyl (C=O) groups is 1. The van der Waals surface area contributed by atoms with Crippen LogP contribution in [0.1, 0.15) is 33.6 Å². The van der Waals surface area contributed by atoms with Crippen molar-refractivity contribution in [3.63, 3.8) is 0 Å². The average molecular weight is 281 g/mol. The summed E-state index contributed by atoms with van der Waals surface area (Å²) in [7, 11) is 1.65. The summed E-state index contributed by atoms with van der Waals surface area (Å²) in [6, 6.07) is 8.02. The molecule has 1 aromatic carbocycles. The molecule has 1 aromatic rings. The molecule has 0 aliphatic heterocycles. The van der Waals surface area contributed by atoms with E-state index in [4.69, 9.17) is 4.74 Å². The second kappa shape index (κ2) is 8.10. The van der Waals surface area contributed by atoms with Crippen LogP contribution in [-0.4, -0.2) is 24.3 Å². The van der Waals surface area contributed by atoms with Gasteiger partial charge in [0.1, 0.15) is 5.75 Å². The number of nitrogens with one attached hydrogen (secondary N) is 1. The molecule has 0 saturated carbocycles. The molecule has 2 atom stereocenters. The number of hydrogen-bond donors (Lipinski definition) is 1. The summed E-state index contributed by atoms with van der Waals surface area (Å²) in [6.07, 6.45) is 2.10. The first-order chi connectivity index (χ1) is 9.06. The number of thioether (sulfide) groups is 1. The normalized spacial score (nSPS) is 13.7. The summed E-state index contributed by atoms with van der Waals surface area (Å²) in [6.45, 7) is 6.10. The molecule has 0 aliphatic carbocycles. The van der Waals surface area contributed by atoms with Crippen LogP contribution in [0, 0.1) is 0 Å². The number of rotatable bonds is 7. The van der Waals surface area contributed by atoms with Crippen molar-refractivity contribution in [1.29, 1.82) is 0 Å². The molecule has 1 rings (SSSR count). The largest absolute Gasteiger partial charge is 0.497 e. The lowest BCUT2D eigenvalue weighted by Gasteiger charge is -2.16. The third-order valence-corrected chi connectivity index (χ3v) is 3.96. The van der Waals surface area contributed by atoms with Crippen molar-refractivity contribution >= 4 is 17.7 Å². The molecule has 19 heavy (non-hydrogen) atoms. The van der Waals surface area contributed by atoms with E-state index in [9.17, 15) is 4.79 Å². The van der Waals surface area contributed by atoms with Crippen LogP contribution in [0.2, 0.25) is 0 Å². The van der Waals surface area contributed by atoms with E-state index >= 15 is 0 Å². The van der Waals surface area contributed by atoms with Crippen molar-refractivity contribution in [3.05, 3.63) is 24.3 Å². The number of carbonyl (C=O) groups excluding carboxylic acids is 1. The van der Waals surface area contributed by atoms with Crippen molar-refractivity contribution in [3.8, 4) is 5.75 Å².